The fourth-order valence-corrected chi connectivity index (χ4v) is 4.36. The molecule has 0 unspecified atom stereocenters. The van der Waals surface area contributed by atoms with Crippen LogP contribution in [0.15, 0.2) is 30.3 Å². The number of hydrogen-bond acceptors (Lipinski definition) is 6. The summed E-state index contributed by atoms with van der Waals surface area (Å²) in [6, 6.07) is 9.43. The van der Waals surface area contributed by atoms with Crippen molar-refractivity contribution >= 4 is 47.0 Å². The van der Waals surface area contributed by atoms with Gasteiger partial charge < -0.3 is 29.1 Å². The molecule has 1 saturated carbocycles. The molecule has 0 radical (unpaired) electrons. The number of carbonyl (C=O) groups excluding carboxylic acids is 2. The standard InChI is InChI=1S/C20H24Cl3NO6/c1-18-9-13(16(27-2)28-3)19(11-25,24-17(26)20(21,22)23)15(14(18)30-18)29-10-12-7-5-4-6-8-12/h4-8,11,13-16H,9-10H2,1-3H3,(H,24,26)/t13-,14-,15-,18+,19-/m1/s1. The maximum absolute atomic E-state index is 12.6. The molecule has 1 aromatic carbocycles. The average molecular weight is 481 g/mol. The van der Waals surface area contributed by atoms with E-state index < -0.39 is 45.3 Å². The number of aldehydes is 1. The van der Waals surface area contributed by atoms with Gasteiger partial charge in [-0.25, -0.2) is 0 Å². The van der Waals surface area contributed by atoms with Gasteiger partial charge in [0.05, 0.1) is 12.2 Å². The largest absolute Gasteiger partial charge is 0.368 e. The van der Waals surface area contributed by atoms with E-state index in [9.17, 15) is 9.59 Å². The van der Waals surface area contributed by atoms with Gasteiger partial charge in [-0.05, 0) is 18.9 Å². The fourth-order valence-electron chi connectivity index (χ4n) is 4.22. The van der Waals surface area contributed by atoms with Crippen LogP contribution in [0.25, 0.3) is 0 Å². The van der Waals surface area contributed by atoms with Crippen LogP contribution in [0.5, 0.6) is 0 Å². The summed E-state index contributed by atoms with van der Waals surface area (Å²) < 4.78 is 20.7. The van der Waals surface area contributed by atoms with E-state index in [0.29, 0.717) is 12.7 Å². The summed E-state index contributed by atoms with van der Waals surface area (Å²) in [6.07, 6.45) is -1.16. The lowest BCUT2D eigenvalue weighted by molar-refractivity contribution is -0.188. The zero-order valence-electron chi connectivity index (χ0n) is 16.8. The second kappa shape index (κ2) is 8.90. The van der Waals surface area contributed by atoms with Gasteiger partial charge >= 0.3 is 0 Å². The minimum Gasteiger partial charge on any atom is -0.368 e. The number of carbonyl (C=O) groups is 2. The highest BCUT2D eigenvalue weighted by molar-refractivity contribution is 6.76. The molecule has 3 rings (SSSR count). The summed E-state index contributed by atoms with van der Waals surface area (Å²) in [7, 11) is 2.89. The van der Waals surface area contributed by atoms with Crippen molar-refractivity contribution in [3.05, 3.63) is 35.9 Å². The number of ether oxygens (including phenoxy) is 4. The number of halogens is 3. The van der Waals surface area contributed by atoms with Gasteiger partial charge in [-0.15, -0.1) is 0 Å². The molecule has 1 aromatic rings. The van der Waals surface area contributed by atoms with Gasteiger partial charge in [-0.2, -0.15) is 0 Å². The van der Waals surface area contributed by atoms with E-state index in [1.54, 1.807) is 0 Å². The van der Waals surface area contributed by atoms with E-state index >= 15 is 0 Å². The molecule has 1 amide bonds. The highest BCUT2D eigenvalue weighted by Gasteiger charge is 2.72. The Kier molecular flexibility index (Phi) is 7.04. The van der Waals surface area contributed by atoms with Gasteiger partial charge in [0.1, 0.15) is 24.0 Å². The number of epoxide rings is 1. The highest BCUT2D eigenvalue weighted by Crippen LogP contribution is 2.55. The summed E-state index contributed by atoms with van der Waals surface area (Å²) in [5, 5.41) is 2.61. The van der Waals surface area contributed by atoms with E-state index in [0.717, 1.165) is 5.56 Å². The lowest BCUT2D eigenvalue weighted by Crippen LogP contribution is -2.71. The molecule has 2 aliphatic rings. The SMILES string of the molecule is COC(OC)[C@H]1C[C@]2(C)O[C@@H]2[C@@H](OCc2ccccc2)[C@]1(C=O)NC(=O)C(Cl)(Cl)Cl. The smallest absolute Gasteiger partial charge is 0.273 e. The first-order valence-electron chi connectivity index (χ1n) is 9.36. The molecule has 0 bridgehead atoms. The molecule has 10 heteroatoms. The molecule has 0 aromatic heterocycles. The first-order valence-corrected chi connectivity index (χ1v) is 10.5. The van der Waals surface area contributed by atoms with Crippen molar-refractivity contribution < 1.29 is 28.5 Å². The second-order valence-corrected chi connectivity index (χ2v) is 10.0. The second-order valence-electron chi connectivity index (χ2n) is 7.72. The number of benzene rings is 1. The molecule has 30 heavy (non-hydrogen) atoms. The molecule has 1 aliphatic carbocycles. The molecule has 5 atom stereocenters. The van der Waals surface area contributed by atoms with Crippen molar-refractivity contribution in [2.75, 3.05) is 14.2 Å². The van der Waals surface area contributed by atoms with Crippen molar-refractivity contribution in [1.29, 1.82) is 0 Å². The summed E-state index contributed by atoms with van der Waals surface area (Å²) in [6.45, 7) is 2.11. The fraction of sp³-hybridized carbons (Fsp3) is 0.600. The topological polar surface area (TPSA) is 86.4 Å². The number of rotatable bonds is 8. The van der Waals surface area contributed by atoms with Crippen LogP contribution in [0.2, 0.25) is 0 Å². The van der Waals surface area contributed by atoms with Crippen molar-refractivity contribution in [1.82, 2.24) is 5.32 Å². The molecule has 1 aliphatic heterocycles. The molecule has 1 saturated heterocycles. The van der Waals surface area contributed by atoms with Crippen LogP contribution < -0.4 is 5.32 Å². The van der Waals surface area contributed by atoms with Crippen LogP contribution >= 0.6 is 34.8 Å². The quantitative estimate of drug-likeness (QED) is 0.266. The summed E-state index contributed by atoms with van der Waals surface area (Å²) in [4.78, 5) is 25.2. The zero-order chi connectivity index (χ0) is 22.2. The lowest BCUT2D eigenvalue weighted by Gasteiger charge is -2.47. The third-order valence-corrected chi connectivity index (χ3v) is 6.29. The van der Waals surface area contributed by atoms with E-state index in [-0.39, 0.29) is 6.61 Å². The average Bonchev–Trinajstić information content (AvgIpc) is 3.39. The molecule has 2 fully saturated rings. The van der Waals surface area contributed by atoms with E-state index in [1.165, 1.54) is 14.2 Å². The first-order chi connectivity index (χ1) is 14.1. The van der Waals surface area contributed by atoms with Gasteiger partial charge in [0.2, 0.25) is 0 Å². The molecular weight excluding hydrogens is 457 g/mol. The minimum absolute atomic E-state index is 0.192. The number of nitrogens with one attached hydrogen (secondary N) is 1. The third-order valence-electron chi connectivity index (χ3n) is 5.77. The molecule has 7 nitrogen and oxygen atoms in total. The Morgan fingerprint density at radius 3 is 2.47 bits per heavy atom. The van der Waals surface area contributed by atoms with Gasteiger partial charge in [0.25, 0.3) is 9.70 Å². The highest BCUT2D eigenvalue weighted by atomic mass is 35.6. The van der Waals surface area contributed by atoms with Crippen LogP contribution in [0, 0.1) is 5.92 Å². The Morgan fingerprint density at radius 2 is 1.93 bits per heavy atom. The van der Waals surface area contributed by atoms with Crippen molar-refractivity contribution in [3.8, 4) is 0 Å². The normalized spacial score (nSPS) is 33.1. The predicted octanol–water partition coefficient (Wildman–Crippen LogP) is 2.79. The Balaban J connectivity index is 2.00. The van der Waals surface area contributed by atoms with E-state index in [1.807, 2.05) is 37.3 Å². The summed E-state index contributed by atoms with van der Waals surface area (Å²) in [5.74, 6) is -1.61. The predicted molar refractivity (Wildman–Crippen MR) is 111 cm³/mol. The van der Waals surface area contributed by atoms with Gasteiger partial charge in [0.15, 0.2) is 6.29 Å². The Hall–Kier alpha value is -0.930. The number of methoxy groups -OCH3 is 2. The molecule has 0 spiro atoms. The molecular formula is C20H24Cl3NO6. The Morgan fingerprint density at radius 1 is 1.30 bits per heavy atom. The molecule has 166 valence electrons. The molecule has 1 N–H and O–H groups in total. The Labute approximate surface area is 190 Å². The van der Waals surface area contributed by atoms with Crippen LogP contribution in [0.3, 0.4) is 0 Å². The molecule has 1 heterocycles. The van der Waals surface area contributed by atoms with Crippen LogP contribution in [-0.2, 0) is 35.1 Å². The number of hydrogen-bond donors (Lipinski definition) is 1. The Bertz CT molecular complexity index is 772. The van der Waals surface area contributed by atoms with Gasteiger partial charge in [-0.1, -0.05) is 65.1 Å². The van der Waals surface area contributed by atoms with Crippen LogP contribution in [0.4, 0.5) is 0 Å². The van der Waals surface area contributed by atoms with Crippen LogP contribution in [0.1, 0.15) is 18.9 Å². The third kappa shape index (κ3) is 4.48. The van der Waals surface area contributed by atoms with Crippen molar-refractivity contribution in [2.24, 2.45) is 5.92 Å². The summed E-state index contributed by atoms with van der Waals surface area (Å²) >= 11 is 17.3. The zero-order valence-corrected chi connectivity index (χ0v) is 19.0. The van der Waals surface area contributed by atoms with Crippen molar-refractivity contribution in [2.45, 2.75) is 53.4 Å². The number of amides is 1. The van der Waals surface area contributed by atoms with Gasteiger partial charge in [-0.3, -0.25) is 4.79 Å². The minimum atomic E-state index is -2.27. The van der Waals surface area contributed by atoms with E-state index in [2.05, 4.69) is 5.32 Å². The van der Waals surface area contributed by atoms with Gasteiger partial charge in [0, 0.05) is 20.1 Å². The van der Waals surface area contributed by atoms with E-state index in [4.69, 9.17) is 53.8 Å². The van der Waals surface area contributed by atoms with Crippen LogP contribution in [-0.4, -0.2) is 59.8 Å². The maximum atomic E-state index is 12.6. The maximum Gasteiger partial charge on any atom is 0.273 e. The number of fused-ring (bicyclic) bond motifs is 1. The summed E-state index contributed by atoms with van der Waals surface area (Å²) in [5.41, 5.74) is -1.27. The monoisotopic (exact) mass is 479 g/mol. The number of alkyl halides is 3. The lowest BCUT2D eigenvalue weighted by atomic mass is 9.67. The van der Waals surface area contributed by atoms with Crippen molar-refractivity contribution in [3.63, 3.8) is 0 Å². The first kappa shape index (κ1) is 23.7.